The molecule has 0 unspecified atom stereocenters. The molecule has 0 aliphatic heterocycles. The zero-order chi connectivity index (χ0) is 11.5. The summed E-state index contributed by atoms with van der Waals surface area (Å²) in [6.07, 6.45) is 2.04. The molecule has 1 heterocycles. The molecule has 0 atom stereocenters. The molecule has 16 heavy (non-hydrogen) atoms. The second-order valence-corrected chi connectivity index (χ2v) is 4.36. The Balaban J connectivity index is 2.53. The van der Waals surface area contributed by atoms with Gasteiger partial charge in [-0.2, -0.15) is 0 Å². The number of halogens is 1. The molecule has 0 saturated heterocycles. The number of rotatable bonds is 4. The van der Waals surface area contributed by atoms with Crippen molar-refractivity contribution in [2.75, 3.05) is 6.54 Å². The second kappa shape index (κ2) is 4.89. The van der Waals surface area contributed by atoms with E-state index in [4.69, 9.17) is 17.3 Å². The van der Waals surface area contributed by atoms with Crippen molar-refractivity contribution in [3.63, 3.8) is 0 Å². The van der Waals surface area contributed by atoms with Crippen molar-refractivity contribution >= 4 is 22.5 Å². The zero-order valence-corrected chi connectivity index (χ0v) is 10.3. The molecule has 0 aliphatic rings. The number of nitrogens with two attached hydrogens (primary N) is 1. The van der Waals surface area contributed by atoms with Crippen LogP contribution in [0.5, 0.6) is 0 Å². The number of nitrogens with zero attached hydrogens (tertiary/aromatic N) is 1. The number of fused-ring (bicyclic) bond motifs is 1. The van der Waals surface area contributed by atoms with E-state index >= 15 is 0 Å². The average molecular weight is 237 g/mol. The van der Waals surface area contributed by atoms with Crippen molar-refractivity contribution in [3.8, 4) is 0 Å². The first-order chi connectivity index (χ1) is 7.77. The summed E-state index contributed by atoms with van der Waals surface area (Å²) in [7, 11) is 0. The van der Waals surface area contributed by atoms with Crippen molar-refractivity contribution in [3.05, 3.63) is 35.0 Å². The van der Waals surface area contributed by atoms with Crippen LogP contribution in [-0.2, 0) is 13.0 Å². The maximum atomic E-state index is 6.24. The molecule has 1 aromatic heterocycles. The van der Waals surface area contributed by atoms with Gasteiger partial charge in [0, 0.05) is 17.6 Å². The van der Waals surface area contributed by atoms with Gasteiger partial charge >= 0.3 is 0 Å². The smallest absolute Gasteiger partial charge is 0.0671 e. The molecule has 2 N–H and O–H groups in total. The van der Waals surface area contributed by atoms with Gasteiger partial charge in [0.15, 0.2) is 0 Å². The van der Waals surface area contributed by atoms with E-state index in [2.05, 4.69) is 23.6 Å². The number of para-hydroxylation sites is 1. The van der Waals surface area contributed by atoms with Crippen LogP contribution in [0, 0.1) is 0 Å². The molecule has 0 saturated carbocycles. The van der Waals surface area contributed by atoms with Gasteiger partial charge in [0.05, 0.1) is 10.5 Å². The van der Waals surface area contributed by atoms with Gasteiger partial charge in [-0.15, -0.1) is 0 Å². The van der Waals surface area contributed by atoms with Crippen LogP contribution in [-0.4, -0.2) is 11.1 Å². The van der Waals surface area contributed by atoms with Gasteiger partial charge in [-0.1, -0.05) is 23.7 Å². The molecular weight excluding hydrogens is 220 g/mol. The third-order valence-electron chi connectivity index (χ3n) is 2.91. The molecule has 0 amide bonds. The van der Waals surface area contributed by atoms with E-state index in [-0.39, 0.29) is 0 Å². The van der Waals surface area contributed by atoms with Gasteiger partial charge in [-0.3, -0.25) is 0 Å². The van der Waals surface area contributed by atoms with Crippen LogP contribution in [0.3, 0.4) is 0 Å². The Labute approximate surface area is 101 Å². The predicted molar refractivity (Wildman–Crippen MR) is 70.0 cm³/mol. The van der Waals surface area contributed by atoms with Crippen molar-refractivity contribution in [2.45, 2.75) is 26.3 Å². The lowest BCUT2D eigenvalue weighted by Gasteiger charge is -2.08. The molecule has 1 aromatic carbocycles. The first kappa shape index (κ1) is 11.5. The van der Waals surface area contributed by atoms with E-state index in [1.165, 1.54) is 11.1 Å². The van der Waals surface area contributed by atoms with Crippen molar-refractivity contribution < 1.29 is 0 Å². The predicted octanol–water partition coefficient (Wildman–Crippen LogP) is 3.21. The average Bonchev–Trinajstić information content (AvgIpc) is 2.65. The molecule has 0 bridgehead atoms. The number of hydrogen-bond acceptors (Lipinski definition) is 1. The van der Waals surface area contributed by atoms with Gasteiger partial charge in [0.2, 0.25) is 0 Å². The van der Waals surface area contributed by atoms with Crippen LogP contribution in [0.25, 0.3) is 10.9 Å². The fourth-order valence-corrected chi connectivity index (χ4v) is 2.47. The van der Waals surface area contributed by atoms with Gasteiger partial charge < -0.3 is 10.3 Å². The Hall–Kier alpha value is -0.990. The van der Waals surface area contributed by atoms with Crippen LogP contribution < -0.4 is 5.73 Å². The van der Waals surface area contributed by atoms with Crippen LogP contribution in [0.4, 0.5) is 0 Å². The summed E-state index contributed by atoms with van der Waals surface area (Å²) >= 11 is 6.24. The minimum absolute atomic E-state index is 0.735. The fourth-order valence-electron chi connectivity index (χ4n) is 2.19. The Morgan fingerprint density at radius 3 is 2.88 bits per heavy atom. The molecular formula is C13H17ClN2. The van der Waals surface area contributed by atoms with E-state index in [1.54, 1.807) is 0 Å². The molecule has 86 valence electrons. The number of aryl methyl sites for hydroxylation is 2. The van der Waals surface area contributed by atoms with Gasteiger partial charge in [0.1, 0.15) is 0 Å². The van der Waals surface area contributed by atoms with E-state index in [0.717, 1.165) is 36.5 Å². The highest BCUT2D eigenvalue weighted by atomic mass is 35.5. The van der Waals surface area contributed by atoms with E-state index in [9.17, 15) is 0 Å². The fraction of sp³-hybridized carbons (Fsp3) is 0.385. The lowest BCUT2D eigenvalue weighted by atomic mass is 10.2. The normalized spacial score (nSPS) is 11.2. The third kappa shape index (κ3) is 1.95. The molecule has 0 fully saturated rings. The molecule has 2 rings (SSSR count). The van der Waals surface area contributed by atoms with Crippen molar-refractivity contribution in [2.24, 2.45) is 5.73 Å². The number of benzene rings is 1. The van der Waals surface area contributed by atoms with E-state index < -0.39 is 0 Å². The van der Waals surface area contributed by atoms with Gasteiger partial charge in [0.25, 0.3) is 0 Å². The summed E-state index contributed by atoms with van der Waals surface area (Å²) in [6.45, 7) is 3.83. The van der Waals surface area contributed by atoms with Crippen LogP contribution >= 0.6 is 11.6 Å². The highest BCUT2D eigenvalue weighted by Crippen LogP contribution is 2.27. The Bertz CT molecular complexity index is 488. The quantitative estimate of drug-likeness (QED) is 0.869. The molecule has 0 radical (unpaired) electrons. The molecule has 0 spiro atoms. The monoisotopic (exact) mass is 236 g/mol. The van der Waals surface area contributed by atoms with Crippen LogP contribution in [0.1, 0.15) is 19.0 Å². The van der Waals surface area contributed by atoms with Crippen LogP contribution in [0.2, 0.25) is 5.02 Å². The number of aromatic nitrogens is 1. The Kier molecular flexibility index (Phi) is 3.52. The molecule has 2 nitrogen and oxygen atoms in total. The first-order valence-electron chi connectivity index (χ1n) is 5.74. The van der Waals surface area contributed by atoms with E-state index in [1.807, 2.05) is 12.1 Å². The molecule has 3 heteroatoms. The second-order valence-electron chi connectivity index (χ2n) is 3.95. The summed E-state index contributed by atoms with van der Waals surface area (Å²) < 4.78 is 2.29. The lowest BCUT2D eigenvalue weighted by molar-refractivity contribution is 0.707. The molecule has 0 aliphatic carbocycles. The third-order valence-corrected chi connectivity index (χ3v) is 3.21. The van der Waals surface area contributed by atoms with E-state index in [0.29, 0.717) is 0 Å². The van der Waals surface area contributed by atoms with Crippen molar-refractivity contribution in [1.82, 2.24) is 4.57 Å². The SMILES string of the molecule is CCn1c(CCCN)cc2cccc(Cl)c21. The Morgan fingerprint density at radius 2 is 2.19 bits per heavy atom. The number of hydrogen-bond donors (Lipinski definition) is 1. The topological polar surface area (TPSA) is 30.9 Å². The summed E-state index contributed by atoms with van der Waals surface area (Å²) in [4.78, 5) is 0. The van der Waals surface area contributed by atoms with Gasteiger partial charge in [-0.05, 0) is 38.4 Å². The summed E-state index contributed by atoms with van der Waals surface area (Å²) in [5, 5.41) is 2.06. The standard InChI is InChI=1S/C13H17ClN2/c1-2-16-11(6-4-8-15)9-10-5-3-7-12(14)13(10)16/h3,5,7,9H,2,4,6,8,15H2,1H3. The first-order valence-corrected chi connectivity index (χ1v) is 6.12. The van der Waals surface area contributed by atoms with Crippen LogP contribution in [0.15, 0.2) is 24.3 Å². The summed E-state index contributed by atoms with van der Waals surface area (Å²) in [5.74, 6) is 0. The zero-order valence-electron chi connectivity index (χ0n) is 9.54. The largest absolute Gasteiger partial charge is 0.344 e. The minimum Gasteiger partial charge on any atom is -0.344 e. The summed E-state index contributed by atoms with van der Waals surface area (Å²) in [6, 6.07) is 8.28. The maximum absolute atomic E-state index is 6.24. The highest BCUT2D eigenvalue weighted by molar-refractivity contribution is 6.35. The lowest BCUT2D eigenvalue weighted by Crippen LogP contribution is -2.05. The minimum atomic E-state index is 0.735. The Morgan fingerprint density at radius 1 is 1.38 bits per heavy atom. The van der Waals surface area contributed by atoms with Crippen molar-refractivity contribution in [1.29, 1.82) is 0 Å². The highest BCUT2D eigenvalue weighted by Gasteiger charge is 2.09. The maximum Gasteiger partial charge on any atom is 0.0671 e. The summed E-state index contributed by atoms with van der Waals surface area (Å²) in [5.41, 5.74) is 8.04. The van der Waals surface area contributed by atoms with Gasteiger partial charge in [-0.25, -0.2) is 0 Å². The molecule has 2 aromatic rings.